The van der Waals surface area contributed by atoms with E-state index in [4.69, 9.17) is 4.74 Å². The molecule has 0 aromatic heterocycles. The first-order chi connectivity index (χ1) is 17.0. The predicted molar refractivity (Wildman–Crippen MR) is 128 cm³/mol. The number of cyclic esters (lactones) is 1. The summed E-state index contributed by atoms with van der Waals surface area (Å²) in [6.45, 7) is 1.54. The minimum absolute atomic E-state index is 0.137. The van der Waals surface area contributed by atoms with Gasteiger partial charge in [0, 0.05) is 43.9 Å². The summed E-state index contributed by atoms with van der Waals surface area (Å²) >= 11 is 0. The molecule has 0 spiro atoms. The van der Waals surface area contributed by atoms with Crippen LogP contribution in [0, 0.1) is 5.82 Å². The molecule has 2 aliphatic rings. The number of rotatable bonds is 3. The van der Waals surface area contributed by atoms with Crippen LogP contribution >= 0.6 is 0 Å². The fraction of sp³-hybridized carbons (Fsp3) is 0.222. The third kappa shape index (κ3) is 4.87. The number of anilines is 1. The average Bonchev–Trinajstić information content (AvgIpc) is 2.90. The van der Waals surface area contributed by atoms with Gasteiger partial charge in [-0.2, -0.15) is 0 Å². The second-order valence-electron chi connectivity index (χ2n) is 8.60. The van der Waals surface area contributed by atoms with Crippen LogP contribution in [0.2, 0.25) is 0 Å². The second kappa shape index (κ2) is 9.58. The van der Waals surface area contributed by atoms with E-state index in [2.05, 4.69) is 5.32 Å². The van der Waals surface area contributed by atoms with Crippen molar-refractivity contribution in [3.05, 3.63) is 101 Å². The van der Waals surface area contributed by atoms with Crippen LogP contribution in [0.25, 0.3) is 0 Å². The molecule has 0 saturated carbocycles. The van der Waals surface area contributed by atoms with E-state index in [9.17, 15) is 18.8 Å². The lowest BCUT2D eigenvalue weighted by Crippen LogP contribution is -2.51. The average molecular weight is 474 g/mol. The maximum atomic E-state index is 13.2. The summed E-state index contributed by atoms with van der Waals surface area (Å²) in [6.07, 6.45) is 0.119. The summed E-state index contributed by atoms with van der Waals surface area (Å²) in [5.74, 6) is -0.897. The molecule has 0 aliphatic carbocycles. The van der Waals surface area contributed by atoms with Crippen LogP contribution in [0.3, 0.4) is 0 Å². The van der Waals surface area contributed by atoms with Crippen LogP contribution in [0.15, 0.2) is 72.8 Å². The molecular formula is C27H24FN3O4. The number of benzene rings is 3. The third-order valence-electron chi connectivity index (χ3n) is 6.35. The Morgan fingerprint density at radius 2 is 1.57 bits per heavy atom. The van der Waals surface area contributed by atoms with Crippen LogP contribution in [-0.4, -0.2) is 53.9 Å². The number of fused-ring (bicyclic) bond motifs is 1. The lowest BCUT2D eigenvalue weighted by Gasteiger charge is -2.35. The number of urea groups is 1. The first kappa shape index (κ1) is 22.6. The van der Waals surface area contributed by atoms with Crippen molar-refractivity contribution in [2.45, 2.75) is 12.5 Å². The van der Waals surface area contributed by atoms with Crippen molar-refractivity contribution in [3.8, 4) is 0 Å². The Labute approximate surface area is 202 Å². The minimum Gasteiger partial charge on any atom is -0.454 e. The van der Waals surface area contributed by atoms with E-state index in [1.165, 1.54) is 24.3 Å². The molecule has 0 bridgehead atoms. The highest BCUT2D eigenvalue weighted by atomic mass is 19.1. The molecule has 5 rings (SSSR count). The second-order valence-corrected chi connectivity index (χ2v) is 8.60. The van der Waals surface area contributed by atoms with Gasteiger partial charge in [-0.1, -0.05) is 30.3 Å². The van der Waals surface area contributed by atoms with Gasteiger partial charge >= 0.3 is 12.0 Å². The lowest BCUT2D eigenvalue weighted by molar-refractivity contribution is 0.0252. The van der Waals surface area contributed by atoms with Gasteiger partial charge in [0.15, 0.2) is 0 Å². The van der Waals surface area contributed by atoms with Crippen LogP contribution in [-0.2, 0) is 11.2 Å². The van der Waals surface area contributed by atoms with E-state index in [-0.39, 0.29) is 29.8 Å². The quantitative estimate of drug-likeness (QED) is 0.577. The van der Waals surface area contributed by atoms with E-state index in [1.54, 1.807) is 28.0 Å². The number of piperazine rings is 1. The number of esters is 1. The van der Waals surface area contributed by atoms with Gasteiger partial charge in [-0.05, 0) is 53.6 Å². The number of carbonyl (C=O) groups is 3. The van der Waals surface area contributed by atoms with Gasteiger partial charge in [0.1, 0.15) is 11.9 Å². The van der Waals surface area contributed by atoms with Crippen LogP contribution in [0.4, 0.5) is 14.9 Å². The van der Waals surface area contributed by atoms with Crippen LogP contribution < -0.4 is 5.32 Å². The van der Waals surface area contributed by atoms with E-state index in [0.29, 0.717) is 49.4 Å². The monoisotopic (exact) mass is 473 g/mol. The molecule has 3 amide bonds. The molecule has 1 saturated heterocycles. The zero-order valence-corrected chi connectivity index (χ0v) is 18.9. The lowest BCUT2D eigenvalue weighted by atomic mass is 9.93. The van der Waals surface area contributed by atoms with Gasteiger partial charge in [0.05, 0.1) is 5.56 Å². The smallest absolute Gasteiger partial charge is 0.339 e. The topological polar surface area (TPSA) is 79.0 Å². The summed E-state index contributed by atoms with van der Waals surface area (Å²) in [5.41, 5.74) is 3.21. The normalized spacial score (nSPS) is 17.4. The molecule has 35 heavy (non-hydrogen) atoms. The molecule has 7 nitrogen and oxygen atoms in total. The Balaban J connectivity index is 1.22. The summed E-state index contributed by atoms with van der Waals surface area (Å²) in [6, 6.07) is 19.9. The zero-order chi connectivity index (χ0) is 24.4. The summed E-state index contributed by atoms with van der Waals surface area (Å²) < 4.78 is 18.7. The number of hydrogen-bond acceptors (Lipinski definition) is 4. The van der Waals surface area contributed by atoms with Crippen LogP contribution in [0.5, 0.6) is 0 Å². The standard InChI is InChI=1S/C27H24FN3O4/c28-21-7-9-22(10-8-21)29-27(34)31-14-12-30(13-15-31)25(32)19-6-11-23-20(16-19)17-24(35-26(23)33)18-4-2-1-3-5-18/h1-11,16,24H,12-15,17H2,(H,29,34)/t24-/m0/s1. The zero-order valence-electron chi connectivity index (χ0n) is 18.9. The fourth-order valence-corrected chi connectivity index (χ4v) is 4.41. The highest BCUT2D eigenvalue weighted by Gasteiger charge is 2.30. The Morgan fingerprint density at radius 3 is 2.29 bits per heavy atom. The molecule has 0 unspecified atom stereocenters. The van der Waals surface area contributed by atoms with Gasteiger partial charge in [-0.3, -0.25) is 4.79 Å². The summed E-state index contributed by atoms with van der Waals surface area (Å²) in [5, 5.41) is 2.74. The molecule has 1 atom stereocenters. The Morgan fingerprint density at radius 1 is 0.886 bits per heavy atom. The number of halogens is 1. The first-order valence-corrected chi connectivity index (χ1v) is 11.5. The maximum absolute atomic E-state index is 13.2. The number of nitrogens with one attached hydrogen (secondary N) is 1. The fourth-order valence-electron chi connectivity index (χ4n) is 4.41. The van der Waals surface area contributed by atoms with Crippen LogP contribution in [0.1, 0.15) is 37.9 Å². The van der Waals surface area contributed by atoms with E-state index < -0.39 is 0 Å². The highest BCUT2D eigenvalue weighted by molar-refractivity contribution is 5.98. The van der Waals surface area contributed by atoms with Crippen molar-refractivity contribution in [1.82, 2.24) is 9.80 Å². The van der Waals surface area contributed by atoms with Gasteiger partial charge in [-0.25, -0.2) is 14.0 Å². The van der Waals surface area contributed by atoms with Crippen molar-refractivity contribution in [2.24, 2.45) is 0 Å². The number of ether oxygens (including phenoxy) is 1. The molecule has 1 fully saturated rings. The Bertz CT molecular complexity index is 1260. The first-order valence-electron chi connectivity index (χ1n) is 11.5. The molecule has 2 aliphatic heterocycles. The molecule has 3 aromatic carbocycles. The molecule has 1 N–H and O–H groups in total. The molecule has 2 heterocycles. The predicted octanol–water partition coefficient (Wildman–Crippen LogP) is 4.27. The van der Waals surface area contributed by atoms with Crippen molar-refractivity contribution < 1.29 is 23.5 Å². The molecular weight excluding hydrogens is 449 g/mol. The number of hydrogen-bond donors (Lipinski definition) is 1. The number of carbonyl (C=O) groups excluding carboxylic acids is 3. The van der Waals surface area contributed by atoms with E-state index in [0.717, 1.165) is 11.1 Å². The van der Waals surface area contributed by atoms with Crippen molar-refractivity contribution in [2.75, 3.05) is 31.5 Å². The largest absolute Gasteiger partial charge is 0.454 e. The van der Waals surface area contributed by atoms with Gasteiger partial charge in [0.25, 0.3) is 5.91 Å². The van der Waals surface area contributed by atoms with Crippen molar-refractivity contribution in [1.29, 1.82) is 0 Å². The SMILES string of the molecule is O=C1O[C@H](c2ccccc2)Cc2cc(C(=O)N3CCN(C(=O)Nc4ccc(F)cc4)CC3)ccc21. The molecule has 8 heteroatoms. The maximum Gasteiger partial charge on any atom is 0.339 e. The summed E-state index contributed by atoms with van der Waals surface area (Å²) in [7, 11) is 0. The van der Waals surface area contributed by atoms with Crippen molar-refractivity contribution in [3.63, 3.8) is 0 Å². The van der Waals surface area contributed by atoms with Gasteiger partial charge < -0.3 is 19.9 Å². The molecule has 3 aromatic rings. The van der Waals surface area contributed by atoms with Gasteiger partial charge in [-0.15, -0.1) is 0 Å². The number of amides is 3. The van der Waals surface area contributed by atoms with E-state index >= 15 is 0 Å². The molecule has 178 valence electrons. The highest BCUT2D eigenvalue weighted by Crippen LogP contribution is 2.31. The van der Waals surface area contributed by atoms with E-state index in [1.807, 2.05) is 30.3 Å². The third-order valence-corrected chi connectivity index (χ3v) is 6.35. The van der Waals surface area contributed by atoms with Gasteiger partial charge in [0.2, 0.25) is 0 Å². The van der Waals surface area contributed by atoms with Crippen molar-refractivity contribution >= 4 is 23.6 Å². The minimum atomic E-state index is -0.389. The Hall–Kier alpha value is -4.20. The summed E-state index contributed by atoms with van der Waals surface area (Å²) in [4.78, 5) is 41.5. The Kier molecular flexibility index (Phi) is 6.18. The molecule has 0 radical (unpaired) electrons. The number of nitrogens with zero attached hydrogens (tertiary/aromatic N) is 2.